The topological polar surface area (TPSA) is 92.5 Å². The molecule has 3 heterocycles. The summed E-state index contributed by atoms with van der Waals surface area (Å²) in [7, 11) is 0. The standard InChI is InChI=1S/C21H22N6O2/c28-19(13-26-11-3-6-20(26)29)22-15-9-7-14(8-10-15)17-12-27-18-5-2-1-4-16(18)24-25-21(27)23-17/h7-10,12H,1-6,11,13H2,(H,22,28). The van der Waals surface area contributed by atoms with Crippen molar-refractivity contribution in [1.29, 1.82) is 0 Å². The van der Waals surface area contributed by atoms with Gasteiger partial charge in [0.1, 0.15) is 0 Å². The quantitative estimate of drug-likeness (QED) is 0.737. The third kappa shape index (κ3) is 3.46. The largest absolute Gasteiger partial charge is 0.333 e. The zero-order chi connectivity index (χ0) is 19.8. The molecule has 0 saturated carbocycles. The van der Waals surface area contributed by atoms with Gasteiger partial charge in [0.25, 0.3) is 5.78 Å². The van der Waals surface area contributed by atoms with Gasteiger partial charge in [0, 0.05) is 36.1 Å². The highest BCUT2D eigenvalue weighted by molar-refractivity contribution is 5.95. The van der Waals surface area contributed by atoms with Crippen molar-refractivity contribution in [3.05, 3.63) is 41.9 Å². The molecule has 0 radical (unpaired) electrons. The monoisotopic (exact) mass is 390 g/mol. The van der Waals surface area contributed by atoms with Crippen LogP contribution in [-0.4, -0.2) is 49.4 Å². The molecule has 0 unspecified atom stereocenters. The van der Waals surface area contributed by atoms with E-state index in [0.717, 1.165) is 42.6 Å². The van der Waals surface area contributed by atoms with Crippen molar-refractivity contribution < 1.29 is 9.59 Å². The molecule has 1 aliphatic heterocycles. The Morgan fingerprint density at radius 3 is 2.66 bits per heavy atom. The van der Waals surface area contributed by atoms with Crippen LogP contribution in [0.2, 0.25) is 0 Å². The van der Waals surface area contributed by atoms with Crippen LogP contribution in [0.25, 0.3) is 17.0 Å². The number of rotatable bonds is 4. The van der Waals surface area contributed by atoms with E-state index in [1.54, 1.807) is 4.90 Å². The molecular weight excluding hydrogens is 368 g/mol. The Balaban J connectivity index is 1.32. The number of fused-ring (bicyclic) bond motifs is 3. The van der Waals surface area contributed by atoms with Crippen molar-refractivity contribution in [2.24, 2.45) is 0 Å². The van der Waals surface area contributed by atoms with Gasteiger partial charge in [-0.3, -0.25) is 14.0 Å². The third-order valence-electron chi connectivity index (χ3n) is 5.62. The summed E-state index contributed by atoms with van der Waals surface area (Å²) in [6.45, 7) is 0.766. The van der Waals surface area contributed by atoms with Gasteiger partial charge in [0.15, 0.2) is 0 Å². The number of carbonyl (C=O) groups is 2. The number of nitrogens with zero attached hydrogens (tertiary/aromatic N) is 5. The lowest BCUT2D eigenvalue weighted by Crippen LogP contribution is -2.33. The molecule has 148 valence electrons. The van der Waals surface area contributed by atoms with Crippen molar-refractivity contribution in [2.75, 3.05) is 18.4 Å². The van der Waals surface area contributed by atoms with Crippen molar-refractivity contribution >= 4 is 23.3 Å². The Morgan fingerprint density at radius 1 is 1.03 bits per heavy atom. The molecule has 8 heteroatoms. The van der Waals surface area contributed by atoms with Crippen LogP contribution >= 0.6 is 0 Å². The number of nitrogens with one attached hydrogen (secondary N) is 1. The summed E-state index contributed by atoms with van der Waals surface area (Å²) in [5.41, 5.74) is 4.76. The van der Waals surface area contributed by atoms with E-state index in [9.17, 15) is 9.59 Å². The molecule has 0 bridgehead atoms. The maximum Gasteiger partial charge on any atom is 0.254 e. The molecule has 8 nitrogen and oxygen atoms in total. The number of aryl methyl sites for hydroxylation is 2. The highest BCUT2D eigenvalue weighted by atomic mass is 16.2. The van der Waals surface area contributed by atoms with Gasteiger partial charge < -0.3 is 10.2 Å². The summed E-state index contributed by atoms with van der Waals surface area (Å²) in [6.07, 6.45) is 7.68. The first-order valence-electron chi connectivity index (χ1n) is 10.1. The highest BCUT2D eigenvalue weighted by Crippen LogP contribution is 2.24. The fraction of sp³-hybridized carbons (Fsp3) is 0.381. The number of amides is 2. The molecule has 1 N–H and O–H groups in total. The first-order chi connectivity index (χ1) is 14.2. The lowest BCUT2D eigenvalue weighted by molar-refractivity contribution is -0.131. The highest BCUT2D eigenvalue weighted by Gasteiger charge is 2.22. The Morgan fingerprint density at radius 2 is 1.86 bits per heavy atom. The van der Waals surface area contributed by atoms with Crippen LogP contribution in [0, 0.1) is 0 Å². The number of hydrogen-bond acceptors (Lipinski definition) is 5. The van der Waals surface area contributed by atoms with Crippen molar-refractivity contribution in [3.8, 4) is 11.3 Å². The van der Waals surface area contributed by atoms with Gasteiger partial charge in [-0.2, -0.15) is 5.10 Å². The Labute approximate surface area is 168 Å². The first-order valence-corrected chi connectivity index (χ1v) is 10.1. The summed E-state index contributed by atoms with van der Waals surface area (Å²) in [5.74, 6) is 0.489. The third-order valence-corrected chi connectivity index (χ3v) is 5.62. The van der Waals surface area contributed by atoms with Gasteiger partial charge in [0.2, 0.25) is 11.8 Å². The van der Waals surface area contributed by atoms with E-state index in [1.807, 2.05) is 30.5 Å². The van der Waals surface area contributed by atoms with Crippen LogP contribution < -0.4 is 5.32 Å². The summed E-state index contributed by atoms with van der Waals surface area (Å²) < 4.78 is 2.06. The van der Waals surface area contributed by atoms with E-state index in [2.05, 4.69) is 24.9 Å². The molecule has 3 aromatic rings. The number of anilines is 1. The van der Waals surface area contributed by atoms with Gasteiger partial charge >= 0.3 is 0 Å². The van der Waals surface area contributed by atoms with E-state index < -0.39 is 0 Å². The Kier molecular flexibility index (Phi) is 4.46. The molecule has 0 spiro atoms. The normalized spacial score (nSPS) is 16.3. The van der Waals surface area contributed by atoms with E-state index in [4.69, 9.17) is 0 Å². The van der Waals surface area contributed by atoms with Crippen LogP contribution in [0.1, 0.15) is 37.1 Å². The van der Waals surface area contributed by atoms with Crippen molar-refractivity contribution in [1.82, 2.24) is 24.5 Å². The molecule has 1 saturated heterocycles. The van der Waals surface area contributed by atoms with E-state index in [1.165, 1.54) is 12.1 Å². The number of imidazole rings is 1. The van der Waals surface area contributed by atoms with E-state index >= 15 is 0 Å². The van der Waals surface area contributed by atoms with Crippen molar-refractivity contribution in [2.45, 2.75) is 38.5 Å². The van der Waals surface area contributed by atoms with Crippen LogP contribution in [-0.2, 0) is 22.4 Å². The average molecular weight is 390 g/mol. The molecular formula is C21H22N6O2. The van der Waals surface area contributed by atoms with Crippen LogP contribution in [0.15, 0.2) is 30.5 Å². The average Bonchev–Trinajstić information content (AvgIpc) is 3.35. The van der Waals surface area contributed by atoms with E-state index in [0.29, 0.717) is 24.4 Å². The molecule has 2 aromatic heterocycles. The molecule has 1 aliphatic carbocycles. The lowest BCUT2D eigenvalue weighted by Gasteiger charge is -2.15. The predicted molar refractivity (Wildman–Crippen MR) is 107 cm³/mol. The van der Waals surface area contributed by atoms with Crippen molar-refractivity contribution in [3.63, 3.8) is 0 Å². The molecule has 2 aliphatic rings. The van der Waals surface area contributed by atoms with Gasteiger partial charge in [-0.05, 0) is 44.2 Å². The fourth-order valence-electron chi connectivity index (χ4n) is 4.09. The molecule has 1 fully saturated rings. The van der Waals surface area contributed by atoms with Gasteiger partial charge in [-0.25, -0.2) is 4.98 Å². The van der Waals surface area contributed by atoms with Crippen LogP contribution in [0.4, 0.5) is 5.69 Å². The minimum absolute atomic E-state index is 0.0487. The number of benzene rings is 1. The van der Waals surface area contributed by atoms with Gasteiger partial charge in [0.05, 0.1) is 17.9 Å². The summed E-state index contributed by atoms with van der Waals surface area (Å²) >= 11 is 0. The lowest BCUT2D eigenvalue weighted by atomic mass is 10.0. The zero-order valence-corrected chi connectivity index (χ0v) is 16.1. The number of aromatic nitrogens is 4. The zero-order valence-electron chi connectivity index (χ0n) is 16.1. The van der Waals surface area contributed by atoms with Gasteiger partial charge in [-0.1, -0.05) is 12.1 Å². The molecule has 1 aromatic carbocycles. The Hall–Kier alpha value is -3.29. The van der Waals surface area contributed by atoms with Crippen LogP contribution in [0.5, 0.6) is 0 Å². The SMILES string of the molecule is O=C(CN1CCCC1=O)Nc1ccc(-c2cn3c4c(nnc3n2)CCCC4)cc1. The minimum Gasteiger partial charge on any atom is -0.333 e. The van der Waals surface area contributed by atoms with Crippen LogP contribution in [0.3, 0.4) is 0 Å². The summed E-state index contributed by atoms with van der Waals surface area (Å²) in [4.78, 5) is 30.1. The molecule has 2 amide bonds. The first kappa shape index (κ1) is 17.8. The maximum absolute atomic E-state index is 12.2. The fourth-order valence-corrected chi connectivity index (χ4v) is 4.09. The minimum atomic E-state index is -0.178. The number of hydrogen-bond donors (Lipinski definition) is 1. The summed E-state index contributed by atoms with van der Waals surface area (Å²) in [5, 5.41) is 11.5. The second-order valence-corrected chi connectivity index (χ2v) is 7.64. The molecule has 0 atom stereocenters. The second-order valence-electron chi connectivity index (χ2n) is 7.64. The number of likely N-dealkylation sites (tertiary alicyclic amines) is 1. The maximum atomic E-state index is 12.2. The second kappa shape index (κ2) is 7.27. The molecule has 5 rings (SSSR count). The smallest absolute Gasteiger partial charge is 0.254 e. The van der Waals surface area contributed by atoms with Gasteiger partial charge in [-0.15, -0.1) is 5.10 Å². The molecule has 29 heavy (non-hydrogen) atoms. The summed E-state index contributed by atoms with van der Waals surface area (Å²) in [6, 6.07) is 7.56. The Bertz CT molecular complexity index is 1090. The van der Waals surface area contributed by atoms with E-state index in [-0.39, 0.29) is 18.4 Å². The number of carbonyl (C=O) groups excluding carboxylic acids is 2. The predicted octanol–water partition coefficient (Wildman–Crippen LogP) is 2.23.